The summed E-state index contributed by atoms with van der Waals surface area (Å²) in [5.74, 6) is 0. The van der Waals surface area contributed by atoms with Crippen LogP contribution in [0.1, 0.15) is 22.3 Å². The van der Waals surface area contributed by atoms with E-state index >= 15 is 0 Å². The number of hydrogen-bond acceptors (Lipinski definition) is 2. The molecule has 0 unspecified atom stereocenters. The average Bonchev–Trinajstić information content (AvgIpc) is 1.12. The fourth-order valence-electron chi connectivity index (χ4n) is 0. The molecule has 0 aromatic rings. The molecule has 0 amide bonds. The molecule has 88 valence electrons. The van der Waals surface area contributed by atoms with Gasteiger partial charge in [0.1, 0.15) is 0 Å². The van der Waals surface area contributed by atoms with E-state index in [0.717, 1.165) is 0 Å². The highest BCUT2D eigenvalue weighted by Gasteiger charge is 1.92. The molecular formula is C3H18O6P2S2. The van der Waals surface area contributed by atoms with Crippen LogP contribution in [0.4, 0.5) is 0 Å². The Morgan fingerprint density at radius 3 is 0.538 bits per heavy atom. The fourth-order valence-corrected chi connectivity index (χ4v) is 0. The highest BCUT2D eigenvalue weighted by Crippen LogP contribution is 2.26. The van der Waals surface area contributed by atoms with Crippen LogP contribution >= 0.6 is 13.4 Å². The fraction of sp³-hybridized carbons (Fsp3) is 1.00. The predicted octanol–water partition coefficient (Wildman–Crippen LogP) is 0.284. The summed E-state index contributed by atoms with van der Waals surface area (Å²) in [5.41, 5.74) is 0. The van der Waals surface area contributed by atoms with Crippen molar-refractivity contribution in [3.05, 3.63) is 0 Å². The van der Waals surface area contributed by atoms with Crippen LogP contribution in [0.3, 0.4) is 0 Å². The Labute approximate surface area is 89.0 Å². The summed E-state index contributed by atoms with van der Waals surface area (Å²) in [4.78, 5) is 45.3. The molecule has 0 saturated carbocycles. The first-order chi connectivity index (χ1) is 4.00. The Morgan fingerprint density at radius 2 is 0.538 bits per heavy atom. The van der Waals surface area contributed by atoms with Crippen molar-refractivity contribution in [3.8, 4) is 0 Å². The minimum absolute atomic E-state index is 0. The molecule has 0 atom stereocenters. The van der Waals surface area contributed by atoms with Gasteiger partial charge in [0.2, 0.25) is 0 Å². The van der Waals surface area contributed by atoms with Crippen LogP contribution in [0, 0.1) is 0 Å². The molecule has 0 aliphatic carbocycles. The molecule has 10 heteroatoms. The topological polar surface area (TPSA) is 121 Å². The smallest absolute Gasteiger partial charge is 0.319 e. The Morgan fingerprint density at radius 1 is 0.538 bits per heavy atom. The average molecular weight is 276 g/mol. The van der Waals surface area contributed by atoms with Gasteiger partial charge in [0.25, 0.3) is 0 Å². The zero-order valence-corrected chi connectivity index (χ0v) is 7.82. The van der Waals surface area contributed by atoms with Crippen molar-refractivity contribution in [2.24, 2.45) is 0 Å². The van der Waals surface area contributed by atoms with Crippen molar-refractivity contribution < 1.29 is 29.4 Å². The second kappa shape index (κ2) is 11.1. The van der Waals surface area contributed by atoms with Crippen molar-refractivity contribution in [3.63, 3.8) is 0 Å². The lowest BCUT2D eigenvalue weighted by Crippen LogP contribution is -1.65. The maximum Gasteiger partial charge on any atom is 0.319 e. The summed E-state index contributed by atoms with van der Waals surface area (Å²) in [6.45, 7) is -7.61. The standard InChI is InChI=1S/3CH4.2H3O3PS/c;;;2*1-4(2,3)5/h3*1H4;2*(H3,1,2,3,5). The molecule has 0 radical (unpaired) electrons. The van der Waals surface area contributed by atoms with E-state index < -0.39 is 13.4 Å². The molecule has 6 N–H and O–H groups in total. The van der Waals surface area contributed by atoms with E-state index in [2.05, 4.69) is 23.6 Å². The molecular weight excluding hydrogens is 258 g/mol. The van der Waals surface area contributed by atoms with E-state index in [9.17, 15) is 0 Å². The van der Waals surface area contributed by atoms with E-state index in [4.69, 9.17) is 29.4 Å². The summed E-state index contributed by atoms with van der Waals surface area (Å²) in [7, 11) is 0. The molecule has 0 aromatic carbocycles. The number of rotatable bonds is 0. The van der Waals surface area contributed by atoms with Crippen molar-refractivity contribution in [1.29, 1.82) is 0 Å². The molecule has 0 spiro atoms. The molecule has 0 bridgehead atoms. The van der Waals surface area contributed by atoms with E-state index in [1.807, 2.05) is 0 Å². The van der Waals surface area contributed by atoms with Crippen LogP contribution in [-0.2, 0) is 23.6 Å². The molecule has 13 heavy (non-hydrogen) atoms. The molecule has 0 rings (SSSR count). The summed E-state index contributed by atoms with van der Waals surface area (Å²) in [5, 5.41) is 0. The lowest BCUT2D eigenvalue weighted by Gasteiger charge is -1.88. The number of hydrogen-bond donors (Lipinski definition) is 6. The van der Waals surface area contributed by atoms with Crippen LogP contribution in [0.15, 0.2) is 0 Å². The van der Waals surface area contributed by atoms with Gasteiger partial charge in [-0.05, 0) is 23.6 Å². The summed E-state index contributed by atoms with van der Waals surface area (Å²) < 4.78 is 0. The van der Waals surface area contributed by atoms with Gasteiger partial charge < -0.3 is 29.4 Å². The summed E-state index contributed by atoms with van der Waals surface area (Å²) >= 11 is 7.21. The maximum absolute atomic E-state index is 7.56. The van der Waals surface area contributed by atoms with Gasteiger partial charge in [-0.1, -0.05) is 22.3 Å². The van der Waals surface area contributed by atoms with Gasteiger partial charge in [0, 0.05) is 0 Å². The zero-order valence-electron chi connectivity index (χ0n) is 4.39. The van der Waals surface area contributed by atoms with Gasteiger partial charge in [-0.2, -0.15) is 0 Å². The van der Waals surface area contributed by atoms with E-state index in [1.165, 1.54) is 0 Å². The second-order valence-electron chi connectivity index (χ2n) is 1.03. The third kappa shape index (κ3) is 1420. The van der Waals surface area contributed by atoms with Gasteiger partial charge in [-0.25, -0.2) is 0 Å². The van der Waals surface area contributed by atoms with Gasteiger partial charge in [-0.3, -0.25) is 0 Å². The van der Waals surface area contributed by atoms with E-state index in [0.29, 0.717) is 0 Å². The van der Waals surface area contributed by atoms with Gasteiger partial charge >= 0.3 is 13.4 Å². The van der Waals surface area contributed by atoms with Crippen LogP contribution in [0.25, 0.3) is 0 Å². The van der Waals surface area contributed by atoms with Crippen molar-refractivity contribution in [2.45, 2.75) is 22.3 Å². The quantitative estimate of drug-likeness (QED) is 0.349. The Balaban J connectivity index is -0.0000000267. The third-order valence-electron chi connectivity index (χ3n) is 0. The first-order valence-electron chi connectivity index (χ1n) is 1.57. The Kier molecular flexibility index (Phi) is 25.0. The van der Waals surface area contributed by atoms with Crippen LogP contribution in [-0.4, -0.2) is 29.4 Å². The van der Waals surface area contributed by atoms with Crippen LogP contribution < -0.4 is 0 Å². The Hall–Kier alpha value is 1.06. The first kappa shape index (κ1) is 29.2. The lowest BCUT2D eigenvalue weighted by molar-refractivity contribution is 0.361. The summed E-state index contributed by atoms with van der Waals surface area (Å²) in [6.07, 6.45) is 0. The highest BCUT2D eigenvalue weighted by molar-refractivity contribution is 8.06. The Bertz CT molecular complexity index is 136. The van der Waals surface area contributed by atoms with Crippen LogP contribution in [0.5, 0.6) is 0 Å². The molecule has 0 saturated heterocycles. The zero-order chi connectivity index (χ0) is 9.00. The van der Waals surface area contributed by atoms with Crippen molar-refractivity contribution >= 4 is 37.1 Å². The molecule has 0 aromatic heterocycles. The summed E-state index contributed by atoms with van der Waals surface area (Å²) in [6, 6.07) is 0. The second-order valence-corrected chi connectivity index (χ2v) is 6.02. The monoisotopic (exact) mass is 276 g/mol. The van der Waals surface area contributed by atoms with Gasteiger partial charge in [0.15, 0.2) is 0 Å². The van der Waals surface area contributed by atoms with E-state index in [-0.39, 0.29) is 22.3 Å². The normalized spacial score (nSPS) is 9.08. The molecule has 0 aliphatic rings. The molecule has 6 nitrogen and oxygen atoms in total. The largest absolute Gasteiger partial charge is 0.325 e. The maximum atomic E-state index is 7.56. The first-order valence-corrected chi connectivity index (χ1v) is 6.89. The van der Waals surface area contributed by atoms with Gasteiger partial charge in [0.05, 0.1) is 0 Å². The minimum Gasteiger partial charge on any atom is -0.325 e. The minimum atomic E-state index is -3.81. The van der Waals surface area contributed by atoms with E-state index in [1.54, 1.807) is 0 Å². The SMILES string of the molecule is C.C.C.OP(O)(O)=S.OP(O)(O)=S. The predicted molar refractivity (Wildman–Crippen MR) is 62.1 cm³/mol. The highest BCUT2D eigenvalue weighted by atomic mass is 32.5. The van der Waals surface area contributed by atoms with Crippen molar-refractivity contribution in [2.75, 3.05) is 0 Å². The third-order valence-corrected chi connectivity index (χ3v) is 0. The molecule has 0 aliphatic heterocycles. The molecule has 0 fully saturated rings. The molecule has 0 heterocycles. The lowest BCUT2D eigenvalue weighted by atomic mass is 12.0. The van der Waals surface area contributed by atoms with Crippen LogP contribution in [0.2, 0.25) is 0 Å². The van der Waals surface area contributed by atoms with Gasteiger partial charge in [-0.15, -0.1) is 0 Å². The van der Waals surface area contributed by atoms with Crippen molar-refractivity contribution in [1.82, 2.24) is 0 Å².